The van der Waals surface area contributed by atoms with Crippen molar-refractivity contribution in [3.63, 3.8) is 0 Å². The van der Waals surface area contributed by atoms with Gasteiger partial charge in [-0.15, -0.1) is 23.5 Å². The Morgan fingerprint density at radius 1 is 1.27 bits per heavy atom. The van der Waals surface area contributed by atoms with Crippen LogP contribution >= 0.6 is 23.5 Å². The van der Waals surface area contributed by atoms with Gasteiger partial charge in [-0.2, -0.15) is 0 Å². The molecule has 0 amide bonds. The van der Waals surface area contributed by atoms with Gasteiger partial charge < -0.3 is 10.3 Å². The number of para-hydroxylation sites is 1. The van der Waals surface area contributed by atoms with Gasteiger partial charge in [-0.3, -0.25) is 0 Å². The van der Waals surface area contributed by atoms with Crippen molar-refractivity contribution >= 4 is 34.4 Å². The zero-order chi connectivity index (χ0) is 15.0. The van der Waals surface area contributed by atoms with Crippen molar-refractivity contribution in [2.75, 3.05) is 18.1 Å². The second kappa shape index (κ2) is 6.14. The molecule has 2 nitrogen and oxygen atoms in total. The summed E-state index contributed by atoms with van der Waals surface area (Å²) in [5, 5.41) is 5.25. The van der Waals surface area contributed by atoms with Gasteiger partial charge in [-0.25, -0.2) is 0 Å². The molecule has 0 saturated carbocycles. The Kier molecular flexibility index (Phi) is 4.18. The lowest BCUT2D eigenvalue weighted by molar-refractivity contribution is 0.443. The van der Waals surface area contributed by atoms with Crippen LogP contribution in [0.1, 0.15) is 49.9 Å². The number of rotatable bonds is 4. The summed E-state index contributed by atoms with van der Waals surface area (Å²) in [7, 11) is 0. The van der Waals surface area contributed by atoms with Crippen LogP contribution in [0.4, 0.5) is 0 Å². The van der Waals surface area contributed by atoms with Gasteiger partial charge in [0.1, 0.15) is 4.08 Å². The molecule has 118 valence electrons. The van der Waals surface area contributed by atoms with Gasteiger partial charge in [-0.1, -0.05) is 31.5 Å². The molecule has 2 aliphatic rings. The largest absolute Gasteiger partial charge is 0.356 e. The first-order chi connectivity index (χ1) is 10.8. The van der Waals surface area contributed by atoms with Gasteiger partial charge in [0, 0.05) is 34.1 Å². The summed E-state index contributed by atoms with van der Waals surface area (Å²) in [6.07, 6.45) is 5.07. The molecular formula is C18H24N2S2. The SMILES string of the molecule is CCCCN[C@H]1CCC2(SCCS2)c2[nH]c3ccccc3c21. The van der Waals surface area contributed by atoms with Crippen LogP contribution in [0, 0.1) is 0 Å². The topological polar surface area (TPSA) is 27.8 Å². The van der Waals surface area contributed by atoms with Crippen LogP contribution in [0.15, 0.2) is 24.3 Å². The highest BCUT2D eigenvalue weighted by Crippen LogP contribution is 2.60. The fourth-order valence-corrected chi connectivity index (χ4v) is 7.12. The lowest BCUT2D eigenvalue weighted by atomic mass is 9.89. The Bertz CT molecular complexity index is 658. The second-order valence-electron chi connectivity index (χ2n) is 6.31. The summed E-state index contributed by atoms with van der Waals surface area (Å²) in [5.41, 5.74) is 4.37. The van der Waals surface area contributed by atoms with Crippen molar-refractivity contribution in [1.82, 2.24) is 10.3 Å². The molecule has 1 aliphatic heterocycles. The van der Waals surface area contributed by atoms with Crippen molar-refractivity contribution in [2.24, 2.45) is 0 Å². The van der Waals surface area contributed by atoms with Gasteiger partial charge in [0.05, 0.1) is 0 Å². The Labute approximate surface area is 141 Å². The lowest BCUT2D eigenvalue weighted by Gasteiger charge is -2.36. The monoisotopic (exact) mass is 332 g/mol. The minimum Gasteiger partial charge on any atom is -0.356 e. The minimum absolute atomic E-state index is 0.289. The van der Waals surface area contributed by atoms with Crippen LogP contribution in [-0.4, -0.2) is 23.0 Å². The molecular weight excluding hydrogens is 308 g/mol. The number of unbranched alkanes of at least 4 members (excludes halogenated alkanes) is 1. The summed E-state index contributed by atoms with van der Waals surface area (Å²) >= 11 is 4.32. The highest BCUT2D eigenvalue weighted by atomic mass is 32.2. The van der Waals surface area contributed by atoms with Gasteiger partial charge in [0.25, 0.3) is 0 Å². The minimum atomic E-state index is 0.289. The zero-order valence-electron chi connectivity index (χ0n) is 13.2. The Hall–Kier alpha value is -0.580. The summed E-state index contributed by atoms with van der Waals surface area (Å²) < 4.78 is 0.289. The van der Waals surface area contributed by atoms with Crippen LogP contribution < -0.4 is 5.32 Å². The third-order valence-corrected chi connectivity index (χ3v) is 8.44. The number of nitrogens with one attached hydrogen (secondary N) is 2. The molecule has 4 heteroatoms. The predicted molar refractivity (Wildman–Crippen MR) is 99.8 cm³/mol. The lowest BCUT2D eigenvalue weighted by Crippen LogP contribution is -2.31. The summed E-state index contributed by atoms with van der Waals surface area (Å²) in [5.74, 6) is 2.57. The summed E-state index contributed by atoms with van der Waals surface area (Å²) in [6.45, 7) is 3.40. The Morgan fingerprint density at radius 3 is 2.91 bits per heavy atom. The van der Waals surface area contributed by atoms with Crippen LogP contribution in [0.5, 0.6) is 0 Å². The fourth-order valence-electron chi connectivity index (χ4n) is 3.83. The van der Waals surface area contributed by atoms with Crippen molar-refractivity contribution in [3.8, 4) is 0 Å². The van der Waals surface area contributed by atoms with E-state index >= 15 is 0 Å². The second-order valence-corrected chi connectivity index (χ2v) is 9.35. The van der Waals surface area contributed by atoms with E-state index in [0.717, 1.165) is 6.54 Å². The molecule has 0 bridgehead atoms. The molecule has 1 spiro atoms. The molecule has 1 aliphatic carbocycles. The number of hydrogen-bond donors (Lipinski definition) is 2. The van der Waals surface area contributed by atoms with Crippen LogP contribution in [0.3, 0.4) is 0 Å². The molecule has 1 fully saturated rings. The van der Waals surface area contributed by atoms with Crippen LogP contribution in [0.25, 0.3) is 10.9 Å². The molecule has 2 aromatic rings. The van der Waals surface area contributed by atoms with Crippen LogP contribution in [-0.2, 0) is 4.08 Å². The average Bonchev–Trinajstić information content (AvgIpc) is 3.16. The van der Waals surface area contributed by atoms with Crippen molar-refractivity contribution in [2.45, 2.75) is 42.7 Å². The molecule has 0 radical (unpaired) electrons. The van der Waals surface area contributed by atoms with E-state index in [-0.39, 0.29) is 4.08 Å². The molecule has 2 N–H and O–H groups in total. The molecule has 22 heavy (non-hydrogen) atoms. The van der Waals surface area contributed by atoms with Gasteiger partial charge >= 0.3 is 0 Å². The third kappa shape index (κ3) is 2.40. The van der Waals surface area contributed by atoms with E-state index in [2.05, 4.69) is 65.0 Å². The van der Waals surface area contributed by atoms with E-state index in [1.165, 1.54) is 53.8 Å². The first-order valence-corrected chi connectivity index (χ1v) is 10.4. The number of aromatic amines is 1. The van der Waals surface area contributed by atoms with E-state index in [1.54, 1.807) is 5.56 Å². The zero-order valence-corrected chi connectivity index (χ0v) is 14.8. The first kappa shape index (κ1) is 15.0. The molecule has 1 aromatic heterocycles. The normalized spacial score (nSPS) is 23.2. The molecule has 2 heterocycles. The molecule has 0 unspecified atom stereocenters. The smallest absolute Gasteiger partial charge is 0.101 e. The van der Waals surface area contributed by atoms with Crippen molar-refractivity contribution in [1.29, 1.82) is 0 Å². The maximum atomic E-state index is 3.82. The third-order valence-electron chi connectivity index (χ3n) is 4.91. The average molecular weight is 333 g/mol. The van der Waals surface area contributed by atoms with Crippen LogP contribution in [0.2, 0.25) is 0 Å². The van der Waals surface area contributed by atoms with Gasteiger partial charge in [-0.05, 0) is 37.4 Å². The van der Waals surface area contributed by atoms with Gasteiger partial charge in [0.15, 0.2) is 0 Å². The quantitative estimate of drug-likeness (QED) is 0.770. The maximum absolute atomic E-state index is 3.82. The highest BCUT2D eigenvalue weighted by molar-refractivity contribution is 8.20. The van der Waals surface area contributed by atoms with E-state index < -0.39 is 0 Å². The van der Waals surface area contributed by atoms with E-state index in [0.29, 0.717) is 6.04 Å². The Balaban J connectivity index is 1.78. The number of H-pyrrole nitrogens is 1. The number of thioether (sulfide) groups is 2. The maximum Gasteiger partial charge on any atom is 0.101 e. The first-order valence-electron chi connectivity index (χ1n) is 8.46. The van der Waals surface area contributed by atoms with E-state index in [9.17, 15) is 0 Å². The molecule has 4 rings (SSSR count). The van der Waals surface area contributed by atoms with Gasteiger partial charge in [0.2, 0.25) is 0 Å². The molecule has 1 saturated heterocycles. The standard InChI is InChI=1S/C18H24N2S2/c1-2-3-10-19-15-8-9-18(21-11-12-22-18)17-16(15)13-6-4-5-7-14(13)20-17/h4-7,15,19-20H,2-3,8-12H2,1H3/t15-/m0/s1. The number of benzene rings is 1. The van der Waals surface area contributed by atoms with Crippen molar-refractivity contribution < 1.29 is 0 Å². The fraction of sp³-hybridized carbons (Fsp3) is 0.556. The number of aromatic nitrogens is 1. The summed E-state index contributed by atoms with van der Waals surface area (Å²) in [6, 6.07) is 9.36. The molecule has 1 aromatic carbocycles. The van der Waals surface area contributed by atoms with E-state index in [4.69, 9.17) is 0 Å². The van der Waals surface area contributed by atoms with E-state index in [1.807, 2.05) is 0 Å². The number of hydrogen-bond acceptors (Lipinski definition) is 3. The molecule has 1 atom stereocenters. The summed E-state index contributed by atoms with van der Waals surface area (Å²) in [4.78, 5) is 3.79. The predicted octanol–water partition coefficient (Wildman–Crippen LogP) is 5.03. The Morgan fingerprint density at radius 2 is 2.09 bits per heavy atom. The van der Waals surface area contributed by atoms with Crippen molar-refractivity contribution in [3.05, 3.63) is 35.5 Å². The number of fused-ring (bicyclic) bond motifs is 4. The highest BCUT2D eigenvalue weighted by Gasteiger charge is 2.45.